The molecular weight excluding hydrogens is 414 g/mol. The van der Waals surface area contributed by atoms with Crippen molar-refractivity contribution in [1.29, 1.82) is 0 Å². The number of nitrogens with zero attached hydrogens (tertiary/aromatic N) is 2. The highest BCUT2D eigenvalue weighted by Crippen LogP contribution is 2.28. The van der Waals surface area contributed by atoms with Crippen molar-refractivity contribution in [2.45, 2.75) is 25.9 Å². The average molecular weight is 440 g/mol. The second-order valence-corrected chi connectivity index (χ2v) is 7.99. The maximum atomic E-state index is 12.3. The zero-order chi connectivity index (χ0) is 21.5. The van der Waals surface area contributed by atoms with Gasteiger partial charge in [-0.3, -0.25) is 9.69 Å². The van der Waals surface area contributed by atoms with Crippen LogP contribution in [0.4, 0.5) is 0 Å². The van der Waals surface area contributed by atoms with E-state index in [9.17, 15) is 4.79 Å². The fourth-order valence-electron chi connectivity index (χ4n) is 3.58. The molecule has 0 saturated carbocycles. The van der Waals surface area contributed by atoms with E-state index >= 15 is 0 Å². The second kappa shape index (κ2) is 10.6. The van der Waals surface area contributed by atoms with Crippen molar-refractivity contribution in [2.24, 2.45) is 0 Å². The smallest absolute Gasteiger partial charge is 0.220 e. The summed E-state index contributed by atoms with van der Waals surface area (Å²) in [5.41, 5.74) is 3.14. The van der Waals surface area contributed by atoms with E-state index in [4.69, 9.17) is 20.8 Å². The summed E-state index contributed by atoms with van der Waals surface area (Å²) in [5, 5.41) is 3.59. The van der Waals surface area contributed by atoms with Crippen molar-refractivity contribution < 1.29 is 13.9 Å². The Hall–Kier alpha value is -2.67. The second-order valence-electron chi connectivity index (χ2n) is 7.58. The van der Waals surface area contributed by atoms with Gasteiger partial charge < -0.3 is 14.5 Å². The van der Waals surface area contributed by atoms with Gasteiger partial charge in [-0.2, -0.15) is 0 Å². The van der Waals surface area contributed by atoms with Gasteiger partial charge in [0.15, 0.2) is 11.7 Å². The molecule has 0 spiro atoms. The van der Waals surface area contributed by atoms with Gasteiger partial charge in [0.25, 0.3) is 0 Å². The van der Waals surface area contributed by atoms with Crippen LogP contribution in [0.3, 0.4) is 0 Å². The van der Waals surface area contributed by atoms with E-state index in [-0.39, 0.29) is 5.91 Å². The monoisotopic (exact) mass is 439 g/mol. The van der Waals surface area contributed by atoms with Gasteiger partial charge in [0, 0.05) is 44.6 Å². The quantitative estimate of drug-likeness (QED) is 0.573. The number of ether oxygens (including phenoxy) is 1. The topological polar surface area (TPSA) is 67.6 Å². The molecule has 4 rings (SSSR count). The molecule has 3 aromatic rings. The number of nitrogens with one attached hydrogen (secondary N) is 1. The lowest BCUT2D eigenvalue weighted by Gasteiger charge is -2.26. The van der Waals surface area contributed by atoms with Gasteiger partial charge in [-0.15, -0.1) is 0 Å². The fourth-order valence-corrected chi connectivity index (χ4v) is 3.81. The molecule has 1 aliphatic heterocycles. The minimum absolute atomic E-state index is 0.0314. The number of carbonyl (C=O) groups is 1. The first-order chi connectivity index (χ1) is 15.2. The predicted molar refractivity (Wildman–Crippen MR) is 120 cm³/mol. The Balaban J connectivity index is 1.24. The number of oxazole rings is 1. The van der Waals surface area contributed by atoms with Gasteiger partial charge in [0.05, 0.1) is 24.4 Å². The van der Waals surface area contributed by atoms with Crippen LogP contribution in [-0.4, -0.2) is 42.1 Å². The van der Waals surface area contributed by atoms with E-state index in [0.717, 1.165) is 44.0 Å². The lowest BCUT2D eigenvalue weighted by Crippen LogP contribution is -2.35. The summed E-state index contributed by atoms with van der Waals surface area (Å²) >= 11 is 6.20. The van der Waals surface area contributed by atoms with Crippen LogP contribution in [0.15, 0.2) is 59.1 Å². The molecule has 0 radical (unpaired) electrons. The van der Waals surface area contributed by atoms with Crippen molar-refractivity contribution in [2.75, 3.05) is 26.3 Å². The van der Waals surface area contributed by atoms with Crippen molar-refractivity contribution in [3.05, 3.63) is 76.8 Å². The number of carbonyl (C=O) groups excluding carboxylic acids is 1. The minimum Gasteiger partial charge on any atom is -0.441 e. The molecule has 31 heavy (non-hydrogen) atoms. The third kappa shape index (κ3) is 6.17. The van der Waals surface area contributed by atoms with Gasteiger partial charge >= 0.3 is 0 Å². The van der Waals surface area contributed by atoms with Crippen LogP contribution in [0.5, 0.6) is 0 Å². The molecule has 0 bridgehead atoms. The molecule has 6 nitrogen and oxygen atoms in total. The van der Waals surface area contributed by atoms with Crippen LogP contribution in [0, 0.1) is 0 Å². The molecular formula is C24H26ClN3O3. The normalized spacial score (nSPS) is 14.5. The largest absolute Gasteiger partial charge is 0.441 e. The first-order valence-electron chi connectivity index (χ1n) is 10.5. The third-order valence-corrected chi connectivity index (χ3v) is 5.58. The van der Waals surface area contributed by atoms with E-state index in [1.165, 1.54) is 5.56 Å². The number of aromatic nitrogens is 1. The number of benzene rings is 2. The molecule has 2 aromatic carbocycles. The van der Waals surface area contributed by atoms with E-state index in [1.54, 1.807) is 6.20 Å². The lowest BCUT2D eigenvalue weighted by atomic mass is 10.1. The van der Waals surface area contributed by atoms with Crippen molar-refractivity contribution >= 4 is 17.5 Å². The number of hydrogen-bond donors (Lipinski definition) is 1. The fraction of sp³-hybridized carbons (Fsp3) is 0.333. The zero-order valence-electron chi connectivity index (χ0n) is 17.4. The number of amides is 1. The number of hydrogen-bond acceptors (Lipinski definition) is 5. The van der Waals surface area contributed by atoms with Crippen LogP contribution >= 0.6 is 11.6 Å². The molecule has 1 saturated heterocycles. The molecule has 2 heterocycles. The Kier molecular flexibility index (Phi) is 7.35. The summed E-state index contributed by atoms with van der Waals surface area (Å²) < 4.78 is 11.2. The van der Waals surface area contributed by atoms with Gasteiger partial charge in [-0.05, 0) is 23.3 Å². The number of rotatable bonds is 8. The minimum atomic E-state index is -0.0314. The van der Waals surface area contributed by atoms with E-state index in [2.05, 4.69) is 27.3 Å². The molecule has 1 amide bonds. The van der Waals surface area contributed by atoms with Crippen LogP contribution in [0.2, 0.25) is 5.02 Å². The maximum absolute atomic E-state index is 12.3. The van der Waals surface area contributed by atoms with E-state index < -0.39 is 0 Å². The first-order valence-corrected chi connectivity index (χ1v) is 10.9. The van der Waals surface area contributed by atoms with Gasteiger partial charge in [0.2, 0.25) is 5.91 Å². The molecule has 162 valence electrons. The SMILES string of the molecule is O=C(CCc1ncc(-c2ccccc2Cl)o1)NCc1cccc(CN2CCOCC2)c1. The Morgan fingerprint density at radius 3 is 2.74 bits per heavy atom. The number of aryl methyl sites for hydroxylation is 1. The summed E-state index contributed by atoms with van der Waals surface area (Å²) in [6.45, 7) is 4.91. The number of morpholine rings is 1. The standard InChI is InChI=1S/C24H26ClN3O3/c25-21-7-2-1-6-20(21)22-16-27-24(31-22)9-8-23(29)26-15-18-4-3-5-19(14-18)17-28-10-12-30-13-11-28/h1-7,14,16H,8-13,15,17H2,(H,26,29). The molecule has 7 heteroatoms. The van der Waals surface area contributed by atoms with Crippen LogP contribution < -0.4 is 5.32 Å². The van der Waals surface area contributed by atoms with E-state index in [0.29, 0.717) is 36.1 Å². The highest BCUT2D eigenvalue weighted by atomic mass is 35.5. The maximum Gasteiger partial charge on any atom is 0.220 e. The molecule has 1 aromatic heterocycles. The third-order valence-electron chi connectivity index (χ3n) is 5.25. The van der Waals surface area contributed by atoms with Gasteiger partial charge in [0.1, 0.15) is 0 Å². The summed E-state index contributed by atoms with van der Waals surface area (Å²) in [4.78, 5) is 19.0. The Bertz CT molecular complexity index is 1010. The molecule has 1 aliphatic rings. The highest BCUT2D eigenvalue weighted by Gasteiger charge is 2.12. The molecule has 0 unspecified atom stereocenters. The summed E-state index contributed by atoms with van der Waals surface area (Å²) in [7, 11) is 0. The number of halogens is 1. The Labute approximate surface area is 187 Å². The van der Waals surface area contributed by atoms with Gasteiger partial charge in [-0.25, -0.2) is 4.98 Å². The van der Waals surface area contributed by atoms with Crippen LogP contribution in [0.1, 0.15) is 23.4 Å². The molecule has 1 N–H and O–H groups in total. The van der Waals surface area contributed by atoms with Crippen molar-refractivity contribution in [1.82, 2.24) is 15.2 Å². The molecule has 0 atom stereocenters. The molecule has 1 fully saturated rings. The van der Waals surface area contributed by atoms with Gasteiger partial charge in [-0.1, -0.05) is 48.0 Å². The summed E-state index contributed by atoms with van der Waals surface area (Å²) in [6.07, 6.45) is 2.40. The highest BCUT2D eigenvalue weighted by molar-refractivity contribution is 6.33. The predicted octanol–water partition coefficient (Wildman–Crippen LogP) is 4.08. The average Bonchev–Trinajstić information content (AvgIpc) is 3.26. The lowest BCUT2D eigenvalue weighted by molar-refractivity contribution is -0.121. The van der Waals surface area contributed by atoms with Crippen LogP contribution in [0.25, 0.3) is 11.3 Å². The molecule has 0 aliphatic carbocycles. The van der Waals surface area contributed by atoms with Crippen molar-refractivity contribution in [3.8, 4) is 11.3 Å². The summed E-state index contributed by atoms with van der Waals surface area (Å²) in [6, 6.07) is 15.8. The summed E-state index contributed by atoms with van der Waals surface area (Å²) in [5.74, 6) is 1.10. The Morgan fingerprint density at radius 2 is 1.90 bits per heavy atom. The van der Waals surface area contributed by atoms with Crippen molar-refractivity contribution in [3.63, 3.8) is 0 Å². The van der Waals surface area contributed by atoms with Crippen LogP contribution in [-0.2, 0) is 29.0 Å². The Morgan fingerprint density at radius 1 is 1.10 bits per heavy atom. The van der Waals surface area contributed by atoms with E-state index in [1.807, 2.05) is 36.4 Å². The zero-order valence-corrected chi connectivity index (χ0v) is 18.1. The first kappa shape index (κ1) is 21.6.